The van der Waals surface area contributed by atoms with Crippen LogP contribution in [0.25, 0.3) is 0 Å². The van der Waals surface area contributed by atoms with Crippen molar-refractivity contribution in [2.45, 2.75) is 31.1 Å². The lowest BCUT2D eigenvalue weighted by Gasteiger charge is -2.19. The van der Waals surface area contributed by atoms with Crippen LogP contribution >= 0.6 is 24.2 Å². The molecule has 0 radical (unpaired) electrons. The molecule has 5 aromatic rings. The molecule has 0 aromatic heterocycles. The molecule has 0 unspecified atom stereocenters. The van der Waals surface area contributed by atoms with Crippen molar-refractivity contribution in [3.63, 3.8) is 0 Å². The number of amidine groups is 1. The van der Waals surface area contributed by atoms with Gasteiger partial charge in [-0.05, 0) is 39.9 Å². The summed E-state index contributed by atoms with van der Waals surface area (Å²) in [6.07, 6.45) is 0. The monoisotopic (exact) mass is 592 g/mol. The second-order valence-corrected chi connectivity index (χ2v) is 10.9. The van der Waals surface area contributed by atoms with Crippen LogP contribution in [0.4, 0.5) is 0 Å². The molecule has 6 rings (SSSR count). The van der Waals surface area contributed by atoms with E-state index < -0.39 is 0 Å². The molecule has 1 heterocycles. The summed E-state index contributed by atoms with van der Waals surface area (Å²) in [6, 6.07) is 47.8. The number of hydrogen-bond acceptors (Lipinski definition) is 5. The first kappa shape index (κ1) is 29.3. The van der Waals surface area contributed by atoms with Gasteiger partial charge in [0.1, 0.15) is 19.3 Å². The highest BCUT2D eigenvalue weighted by molar-refractivity contribution is 8.13. The van der Waals surface area contributed by atoms with Crippen molar-refractivity contribution in [3.05, 3.63) is 167 Å². The van der Waals surface area contributed by atoms with E-state index in [1.807, 2.05) is 48.5 Å². The number of rotatable bonds is 10. The first-order chi connectivity index (χ1) is 20.3. The Hall–Kier alpha value is -4.19. The van der Waals surface area contributed by atoms with E-state index in [-0.39, 0.29) is 24.5 Å². The van der Waals surface area contributed by atoms with Crippen LogP contribution in [0.2, 0.25) is 0 Å². The minimum atomic E-state index is 0. The third-order valence-corrected chi connectivity index (χ3v) is 7.98. The van der Waals surface area contributed by atoms with Crippen LogP contribution in [0.1, 0.15) is 39.9 Å². The number of ether oxygens (including phenoxy) is 2. The predicted molar refractivity (Wildman–Crippen MR) is 175 cm³/mol. The van der Waals surface area contributed by atoms with Crippen LogP contribution in [0.15, 0.2) is 145 Å². The second kappa shape index (κ2) is 14.6. The molecule has 5 aromatic carbocycles. The van der Waals surface area contributed by atoms with E-state index in [1.165, 1.54) is 11.1 Å². The van der Waals surface area contributed by atoms with Gasteiger partial charge in [-0.25, -0.2) is 0 Å². The van der Waals surface area contributed by atoms with Crippen molar-refractivity contribution < 1.29 is 9.47 Å². The molecule has 4 nitrogen and oxygen atoms in total. The van der Waals surface area contributed by atoms with Crippen molar-refractivity contribution in [1.82, 2.24) is 5.32 Å². The van der Waals surface area contributed by atoms with Gasteiger partial charge in [0.15, 0.2) is 16.7 Å². The first-order valence-electron chi connectivity index (χ1n) is 13.9. The van der Waals surface area contributed by atoms with E-state index in [1.54, 1.807) is 11.8 Å². The Morgan fingerprint density at radius 2 is 1.10 bits per heavy atom. The highest BCUT2D eigenvalue weighted by Crippen LogP contribution is 2.38. The summed E-state index contributed by atoms with van der Waals surface area (Å²) in [5.74, 6) is 2.24. The van der Waals surface area contributed by atoms with E-state index in [2.05, 4.69) is 96.3 Å². The van der Waals surface area contributed by atoms with Crippen molar-refractivity contribution in [3.8, 4) is 11.5 Å². The van der Waals surface area contributed by atoms with Crippen LogP contribution in [0.5, 0.6) is 11.5 Å². The molecule has 1 N–H and O–H groups in total. The zero-order valence-electron chi connectivity index (χ0n) is 23.1. The fourth-order valence-electron chi connectivity index (χ4n) is 4.87. The molecule has 42 heavy (non-hydrogen) atoms. The third-order valence-electron chi connectivity index (χ3n) is 7.01. The third kappa shape index (κ3) is 7.55. The Balaban J connectivity index is 0.00000353. The van der Waals surface area contributed by atoms with Crippen LogP contribution < -0.4 is 14.8 Å². The van der Waals surface area contributed by atoms with Crippen molar-refractivity contribution in [2.24, 2.45) is 4.99 Å². The molecule has 0 bridgehead atoms. The summed E-state index contributed by atoms with van der Waals surface area (Å²) in [7, 11) is 0. The SMILES string of the molecule is Cl.c1ccc(COc2ccc(CSC3=N[C@H](c4ccccc4)[C@H](c4ccccc4)N3)cc2OCc2ccccc2)cc1. The number of nitrogens with zero attached hydrogens (tertiary/aromatic N) is 1. The topological polar surface area (TPSA) is 42.8 Å². The maximum atomic E-state index is 6.29. The Morgan fingerprint density at radius 3 is 1.69 bits per heavy atom. The van der Waals surface area contributed by atoms with Gasteiger partial charge in [-0.1, -0.05) is 139 Å². The van der Waals surface area contributed by atoms with Crippen molar-refractivity contribution >= 4 is 29.3 Å². The summed E-state index contributed by atoms with van der Waals surface area (Å²) in [5, 5.41) is 4.64. The molecule has 0 aliphatic carbocycles. The van der Waals surface area contributed by atoms with Gasteiger partial charge in [-0.15, -0.1) is 12.4 Å². The Morgan fingerprint density at radius 1 is 0.571 bits per heavy atom. The van der Waals surface area contributed by atoms with E-state index in [0.29, 0.717) is 13.2 Å². The lowest BCUT2D eigenvalue weighted by atomic mass is 9.95. The quantitative estimate of drug-likeness (QED) is 0.176. The molecule has 6 heteroatoms. The molecule has 1 aliphatic rings. The van der Waals surface area contributed by atoms with E-state index in [4.69, 9.17) is 14.5 Å². The lowest BCUT2D eigenvalue weighted by molar-refractivity contribution is 0.256. The average Bonchev–Trinajstić information content (AvgIpc) is 3.48. The molecule has 0 saturated carbocycles. The predicted octanol–water partition coefficient (Wildman–Crippen LogP) is 8.94. The Bertz CT molecular complexity index is 1570. The lowest BCUT2D eigenvalue weighted by Crippen LogP contribution is -2.22. The maximum absolute atomic E-state index is 6.29. The molecule has 0 amide bonds. The van der Waals surface area contributed by atoms with Gasteiger partial charge in [0.05, 0.1) is 6.04 Å². The molecular formula is C36H33ClN2O2S. The van der Waals surface area contributed by atoms with Gasteiger partial charge >= 0.3 is 0 Å². The summed E-state index contributed by atoms with van der Waals surface area (Å²) in [6.45, 7) is 0.962. The summed E-state index contributed by atoms with van der Waals surface area (Å²) < 4.78 is 12.5. The van der Waals surface area contributed by atoms with E-state index >= 15 is 0 Å². The minimum absolute atomic E-state index is 0. The molecular weight excluding hydrogens is 560 g/mol. The molecule has 212 valence electrons. The van der Waals surface area contributed by atoms with E-state index in [0.717, 1.165) is 39.1 Å². The number of nitrogens with one attached hydrogen (secondary N) is 1. The van der Waals surface area contributed by atoms with Gasteiger partial charge in [0.2, 0.25) is 0 Å². The molecule has 0 spiro atoms. The Kier molecular flexibility index (Phi) is 10.2. The molecule has 2 atom stereocenters. The van der Waals surface area contributed by atoms with Gasteiger partial charge < -0.3 is 14.8 Å². The fraction of sp³-hybridized carbons (Fsp3) is 0.139. The average molecular weight is 593 g/mol. The summed E-state index contributed by atoms with van der Waals surface area (Å²) in [5.41, 5.74) is 5.82. The highest BCUT2D eigenvalue weighted by atomic mass is 35.5. The number of thioether (sulfide) groups is 1. The highest BCUT2D eigenvalue weighted by Gasteiger charge is 2.31. The fourth-order valence-corrected chi connectivity index (χ4v) is 5.75. The first-order valence-corrected chi connectivity index (χ1v) is 14.8. The molecule has 0 saturated heterocycles. The summed E-state index contributed by atoms with van der Waals surface area (Å²) in [4.78, 5) is 5.12. The number of halogens is 1. The standard InChI is InChI=1S/C36H32N2O2S.ClH/c1-5-13-27(14-6-1)24-39-32-22-21-29(23-33(32)40-25-28-15-7-2-8-16-28)26-41-36-37-34(30-17-9-3-10-18-30)35(38-36)31-19-11-4-12-20-31;/h1-23,34-35H,24-26H2,(H,37,38);1H/t34-,35+;. The zero-order valence-corrected chi connectivity index (χ0v) is 24.8. The second-order valence-electron chi connectivity index (χ2n) is 9.94. The zero-order chi connectivity index (χ0) is 27.7. The Labute approximate surface area is 258 Å². The molecule has 1 aliphatic heterocycles. The number of hydrogen-bond donors (Lipinski definition) is 1. The van der Waals surface area contributed by atoms with Gasteiger partial charge in [-0.2, -0.15) is 0 Å². The van der Waals surface area contributed by atoms with E-state index in [9.17, 15) is 0 Å². The van der Waals surface area contributed by atoms with Crippen LogP contribution in [-0.2, 0) is 19.0 Å². The normalized spacial score (nSPS) is 15.7. The number of benzene rings is 5. The van der Waals surface area contributed by atoms with Crippen LogP contribution in [-0.4, -0.2) is 5.17 Å². The largest absolute Gasteiger partial charge is 0.485 e. The van der Waals surface area contributed by atoms with Crippen LogP contribution in [0.3, 0.4) is 0 Å². The summed E-state index contributed by atoms with van der Waals surface area (Å²) >= 11 is 1.72. The smallest absolute Gasteiger partial charge is 0.162 e. The maximum Gasteiger partial charge on any atom is 0.162 e. The minimum Gasteiger partial charge on any atom is -0.485 e. The van der Waals surface area contributed by atoms with Crippen molar-refractivity contribution in [1.29, 1.82) is 0 Å². The molecule has 0 fully saturated rings. The van der Waals surface area contributed by atoms with Gasteiger partial charge in [0.25, 0.3) is 0 Å². The van der Waals surface area contributed by atoms with Gasteiger partial charge in [-0.3, -0.25) is 4.99 Å². The number of aliphatic imine (C=N–C) groups is 1. The van der Waals surface area contributed by atoms with Gasteiger partial charge in [0, 0.05) is 5.75 Å². The van der Waals surface area contributed by atoms with Crippen LogP contribution in [0, 0.1) is 0 Å². The van der Waals surface area contributed by atoms with Crippen molar-refractivity contribution in [2.75, 3.05) is 0 Å².